The maximum Gasteiger partial charge on any atom is 0.319 e. The highest BCUT2D eigenvalue weighted by atomic mass is 32.2. The molecule has 1 aliphatic rings. The van der Waals surface area contributed by atoms with Crippen molar-refractivity contribution in [2.24, 2.45) is 0 Å². The second kappa shape index (κ2) is 13.8. The van der Waals surface area contributed by atoms with Gasteiger partial charge in [0.25, 0.3) is 5.91 Å². The van der Waals surface area contributed by atoms with Gasteiger partial charge in [0, 0.05) is 11.3 Å². The third-order valence-corrected chi connectivity index (χ3v) is 8.77. The van der Waals surface area contributed by atoms with Gasteiger partial charge in [-0.25, -0.2) is 4.79 Å². The van der Waals surface area contributed by atoms with Crippen LogP contribution in [-0.4, -0.2) is 63.8 Å². The number of aryl methyl sites for hydroxylation is 1. The van der Waals surface area contributed by atoms with Crippen molar-refractivity contribution >= 4 is 35.3 Å². The Hall–Kier alpha value is -4.02. The van der Waals surface area contributed by atoms with Gasteiger partial charge >= 0.3 is 6.03 Å². The van der Waals surface area contributed by atoms with E-state index in [4.69, 9.17) is 4.74 Å². The van der Waals surface area contributed by atoms with E-state index in [1.165, 1.54) is 23.8 Å². The zero-order chi connectivity index (χ0) is 30.3. The second-order valence-corrected chi connectivity index (χ2v) is 12.4. The number of urea groups is 1. The number of benzene rings is 3. The Morgan fingerprint density at radius 2 is 1.69 bits per heavy atom. The van der Waals surface area contributed by atoms with Crippen LogP contribution in [0.1, 0.15) is 30.5 Å². The molecule has 9 nitrogen and oxygen atoms in total. The van der Waals surface area contributed by atoms with Crippen LogP contribution in [0.25, 0.3) is 0 Å². The molecule has 1 aliphatic heterocycles. The lowest BCUT2D eigenvalue weighted by Gasteiger charge is -2.33. The van der Waals surface area contributed by atoms with Crippen molar-refractivity contribution in [2.75, 3.05) is 18.3 Å². The van der Waals surface area contributed by atoms with Crippen LogP contribution in [0.3, 0.4) is 0 Å². The molecule has 0 radical (unpaired) electrons. The molecule has 0 aliphatic carbocycles. The molecule has 3 atom stereocenters. The van der Waals surface area contributed by atoms with E-state index < -0.39 is 34.9 Å². The number of methoxy groups -OCH3 is 1. The molecule has 0 spiro atoms. The number of nitrogens with one attached hydrogen (secondary N) is 3. The van der Waals surface area contributed by atoms with E-state index in [0.29, 0.717) is 18.0 Å². The topological polar surface area (TPSA) is 120 Å². The Bertz CT molecular complexity index is 1400. The van der Waals surface area contributed by atoms with Gasteiger partial charge in [-0.3, -0.25) is 9.59 Å². The van der Waals surface area contributed by atoms with Crippen molar-refractivity contribution < 1.29 is 24.2 Å². The fraction of sp³-hybridized carbons (Fsp3) is 0.344. The zero-order valence-corrected chi connectivity index (χ0v) is 25.1. The quantitative estimate of drug-likeness (QED) is 0.282. The normalized spacial score (nSPS) is 17.2. The highest BCUT2D eigenvalue weighted by molar-refractivity contribution is 8.00. The number of aliphatic hydroxyl groups excluding tert-OH is 1. The molecule has 0 unspecified atom stereocenters. The smallest absolute Gasteiger partial charge is 0.319 e. The van der Waals surface area contributed by atoms with E-state index in [1.807, 2.05) is 75.4 Å². The maximum absolute atomic E-state index is 13.8. The van der Waals surface area contributed by atoms with E-state index in [-0.39, 0.29) is 18.2 Å². The number of amides is 4. The third-order valence-electron chi connectivity index (χ3n) is 7.40. The standard InChI is InChI=1S/C32H38N4O5S/c1-21-12-8-9-15-23(21)19-33-29(38)28-32(2,3)42-20-36(28)30(39)27(37)25(18-22-13-6-5-7-14-22)35-31(40)34-24-16-10-11-17-26(24)41-4/h5-17,25,27-28,37H,18-20H2,1-4H3,(H,33,38)(H2,34,35,40)/t25-,27-,28+/m0/s1. The molecule has 1 heterocycles. The molecule has 4 amide bonds. The van der Waals surface area contributed by atoms with Crippen molar-refractivity contribution in [1.29, 1.82) is 0 Å². The van der Waals surface area contributed by atoms with Crippen LogP contribution in [0.5, 0.6) is 5.75 Å². The van der Waals surface area contributed by atoms with Crippen LogP contribution >= 0.6 is 11.8 Å². The number of nitrogens with zero attached hydrogens (tertiary/aromatic N) is 1. The molecule has 10 heteroatoms. The van der Waals surface area contributed by atoms with Crippen molar-refractivity contribution in [2.45, 2.75) is 56.7 Å². The summed E-state index contributed by atoms with van der Waals surface area (Å²) in [5.41, 5.74) is 3.32. The predicted molar refractivity (Wildman–Crippen MR) is 165 cm³/mol. The first kappa shape index (κ1) is 30.9. The molecule has 4 rings (SSSR count). The first-order valence-corrected chi connectivity index (χ1v) is 14.8. The highest BCUT2D eigenvalue weighted by Gasteiger charge is 2.49. The summed E-state index contributed by atoms with van der Waals surface area (Å²) in [4.78, 5) is 41.8. The zero-order valence-electron chi connectivity index (χ0n) is 24.3. The van der Waals surface area contributed by atoms with Gasteiger partial charge in [-0.05, 0) is 56.0 Å². The number of para-hydroxylation sites is 2. The fourth-order valence-electron chi connectivity index (χ4n) is 5.03. The largest absolute Gasteiger partial charge is 0.495 e. The molecule has 4 N–H and O–H groups in total. The van der Waals surface area contributed by atoms with Crippen molar-refractivity contribution in [1.82, 2.24) is 15.5 Å². The lowest BCUT2D eigenvalue weighted by molar-refractivity contribution is -0.147. The van der Waals surface area contributed by atoms with Crippen LogP contribution in [-0.2, 0) is 22.6 Å². The molecule has 0 bridgehead atoms. The van der Waals surface area contributed by atoms with Crippen molar-refractivity contribution in [3.05, 3.63) is 95.6 Å². The summed E-state index contributed by atoms with van der Waals surface area (Å²) in [6, 6.07) is 21.6. The molecular weight excluding hydrogens is 552 g/mol. The molecule has 1 saturated heterocycles. The maximum atomic E-state index is 13.8. The number of rotatable bonds is 10. The minimum absolute atomic E-state index is 0.196. The summed E-state index contributed by atoms with van der Waals surface area (Å²) in [6.07, 6.45) is -1.41. The summed E-state index contributed by atoms with van der Waals surface area (Å²) in [6.45, 7) is 6.13. The van der Waals surface area contributed by atoms with Crippen LogP contribution in [0.2, 0.25) is 0 Å². The Balaban J connectivity index is 1.52. The van der Waals surface area contributed by atoms with Crippen LogP contribution in [0, 0.1) is 6.92 Å². The summed E-state index contributed by atoms with van der Waals surface area (Å²) in [7, 11) is 1.50. The number of hydrogen-bond donors (Lipinski definition) is 4. The number of ether oxygens (including phenoxy) is 1. The summed E-state index contributed by atoms with van der Waals surface area (Å²) < 4.78 is 4.73. The lowest BCUT2D eigenvalue weighted by Crippen LogP contribution is -2.59. The SMILES string of the molecule is COc1ccccc1NC(=O)N[C@@H](Cc1ccccc1)[C@H](O)C(=O)N1CSC(C)(C)[C@H]1C(=O)NCc1ccccc1C. The predicted octanol–water partition coefficient (Wildman–Crippen LogP) is 4.09. The molecule has 0 saturated carbocycles. The summed E-state index contributed by atoms with van der Waals surface area (Å²) >= 11 is 1.47. The summed E-state index contributed by atoms with van der Waals surface area (Å²) in [5, 5.41) is 19.9. The monoisotopic (exact) mass is 590 g/mol. The number of carbonyl (C=O) groups excluding carboxylic acids is 3. The summed E-state index contributed by atoms with van der Waals surface area (Å²) in [5.74, 6) is -0.214. The molecule has 1 fully saturated rings. The Morgan fingerprint density at radius 3 is 2.40 bits per heavy atom. The molecular formula is C32H38N4O5S. The second-order valence-electron chi connectivity index (χ2n) is 10.8. The molecule has 3 aromatic carbocycles. The number of thioether (sulfide) groups is 1. The molecule has 3 aromatic rings. The van der Waals surface area contributed by atoms with Gasteiger partial charge in [0.05, 0.1) is 24.7 Å². The van der Waals surface area contributed by atoms with E-state index in [2.05, 4.69) is 16.0 Å². The molecule has 42 heavy (non-hydrogen) atoms. The minimum atomic E-state index is -1.60. The number of hydrogen-bond acceptors (Lipinski definition) is 6. The Kier molecular flexibility index (Phi) is 10.1. The van der Waals surface area contributed by atoms with E-state index >= 15 is 0 Å². The first-order chi connectivity index (χ1) is 20.1. The van der Waals surface area contributed by atoms with Gasteiger partial charge in [-0.15, -0.1) is 11.8 Å². The molecule has 222 valence electrons. The van der Waals surface area contributed by atoms with Crippen LogP contribution in [0.4, 0.5) is 10.5 Å². The Labute approximate surface area is 251 Å². The number of anilines is 1. The third kappa shape index (κ3) is 7.43. The van der Waals surface area contributed by atoms with Gasteiger partial charge in [-0.1, -0.05) is 66.7 Å². The highest BCUT2D eigenvalue weighted by Crippen LogP contribution is 2.40. The van der Waals surface area contributed by atoms with E-state index in [1.54, 1.807) is 24.3 Å². The van der Waals surface area contributed by atoms with Gasteiger partial charge in [0.1, 0.15) is 11.8 Å². The van der Waals surface area contributed by atoms with E-state index in [9.17, 15) is 19.5 Å². The van der Waals surface area contributed by atoms with Crippen molar-refractivity contribution in [3.63, 3.8) is 0 Å². The Morgan fingerprint density at radius 1 is 1.02 bits per heavy atom. The average Bonchev–Trinajstić information content (AvgIpc) is 3.31. The van der Waals surface area contributed by atoms with Gasteiger partial charge in [-0.2, -0.15) is 0 Å². The van der Waals surface area contributed by atoms with Gasteiger partial charge < -0.3 is 30.7 Å². The van der Waals surface area contributed by atoms with E-state index in [0.717, 1.165) is 16.7 Å². The van der Waals surface area contributed by atoms with Crippen molar-refractivity contribution in [3.8, 4) is 5.75 Å². The van der Waals surface area contributed by atoms with Crippen LogP contribution in [0.15, 0.2) is 78.9 Å². The first-order valence-electron chi connectivity index (χ1n) is 13.8. The number of carbonyl (C=O) groups is 3. The minimum Gasteiger partial charge on any atom is -0.495 e. The van der Waals surface area contributed by atoms with Gasteiger partial charge in [0.15, 0.2) is 6.10 Å². The lowest BCUT2D eigenvalue weighted by atomic mass is 9.97. The number of aliphatic hydroxyl groups is 1. The fourth-order valence-corrected chi connectivity index (χ4v) is 6.17. The van der Waals surface area contributed by atoms with Gasteiger partial charge in [0.2, 0.25) is 5.91 Å². The average molecular weight is 591 g/mol. The molecule has 0 aromatic heterocycles. The van der Waals surface area contributed by atoms with Crippen LogP contribution < -0.4 is 20.7 Å².